The summed E-state index contributed by atoms with van der Waals surface area (Å²) in [5.74, 6) is 0. The van der Waals surface area contributed by atoms with Crippen LogP contribution in [0.2, 0.25) is 0 Å². The zero-order valence-electron chi connectivity index (χ0n) is 18.7. The fourth-order valence-electron chi connectivity index (χ4n) is 4.12. The van der Waals surface area contributed by atoms with Crippen LogP contribution in [0, 0.1) is 0 Å². The molecule has 172 valence electrons. The summed E-state index contributed by atoms with van der Waals surface area (Å²) in [6, 6.07) is 17.9. The Hall–Kier alpha value is -2.60. The van der Waals surface area contributed by atoms with Crippen molar-refractivity contribution in [1.82, 2.24) is 4.90 Å². The van der Waals surface area contributed by atoms with Crippen molar-refractivity contribution in [3.63, 3.8) is 0 Å². The molecule has 1 aliphatic heterocycles. The largest absolute Gasteiger partial charge is 0.447 e. The van der Waals surface area contributed by atoms with Crippen LogP contribution in [0.5, 0.6) is 0 Å². The number of sulfone groups is 1. The Labute approximate surface area is 192 Å². The molecule has 0 spiro atoms. The monoisotopic (exact) mass is 455 g/mol. The molecule has 0 aliphatic carbocycles. The lowest BCUT2D eigenvalue weighted by molar-refractivity contribution is 0.152. The van der Waals surface area contributed by atoms with E-state index in [1.54, 1.807) is 30.3 Å². The van der Waals surface area contributed by atoms with Crippen molar-refractivity contribution in [3.05, 3.63) is 78.4 Å². The Morgan fingerprint density at radius 2 is 1.69 bits per heavy atom. The molecule has 0 aromatic heterocycles. The summed E-state index contributed by atoms with van der Waals surface area (Å²) in [6.07, 6.45) is 9.42. The van der Waals surface area contributed by atoms with E-state index in [0.717, 1.165) is 37.7 Å². The Bertz CT molecular complexity index is 973. The normalized spacial score (nSPS) is 17.6. The van der Waals surface area contributed by atoms with Crippen LogP contribution in [0.15, 0.2) is 77.7 Å². The molecule has 2 aromatic rings. The number of hydrogen-bond donors (Lipinski definition) is 0. The highest BCUT2D eigenvalue weighted by molar-refractivity contribution is 7.92. The van der Waals surface area contributed by atoms with E-state index in [1.807, 2.05) is 30.3 Å². The number of hydrogen-bond acceptors (Lipinski definition) is 4. The van der Waals surface area contributed by atoms with Crippen LogP contribution in [0.4, 0.5) is 4.79 Å². The van der Waals surface area contributed by atoms with E-state index in [1.165, 1.54) is 4.90 Å². The average Bonchev–Trinajstić information content (AvgIpc) is 3.16. The Kier molecular flexibility index (Phi) is 8.91. The van der Waals surface area contributed by atoms with Crippen molar-refractivity contribution in [1.29, 1.82) is 0 Å². The van der Waals surface area contributed by atoms with E-state index < -0.39 is 21.3 Å². The summed E-state index contributed by atoms with van der Waals surface area (Å²) in [5, 5.41) is -0.931. The molecule has 32 heavy (non-hydrogen) atoms. The Morgan fingerprint density at radius 1 is 1.00 bits per heavy atom. The van der Waals surface area contributed by atoms with Crippen LogP contribution in [0.1, 0.15) is 51.0 Å². The molecule has 1 heterocycles. The van der Waals surface area contributed by atoms with Crippen molar-refractivity contribution in [3.8, 4) is 0 Å². The van der Waals surface area contributed by atoms with Gasteiger partial charge in [-0.25, -0.2) is 13.2 Å². The second-order valence-electron chi connectivity index (χ2n) is 8.16. The average molecular weight is 456 g/mol. The third kappa shape index (κ3) is 6.22. The maximum absolute atomic E-state index is 13.6. The molecule has 0 saturated carbocycles. The molecule has 5 nitrogen and oxygen atoms in total. The van der Waals surface area contributed by atoms with Gasteiger partial charge in [0, 0.05) is 0 Å². The van der Waals surface area contributed by atoms with Crippen molar-refractivity contribution < 1.29 is 17.9 Å². The predicted octanol–water partition coefficient (Wildman–Crippen LogP) is 5.77. The van der Waals surface area contributed by atoms with Gasteiger partial charge in [0.1, 0.15) is 12.0 Å². The van der Waals surface area contributed by atoms with Gasteiger partial charge in [-0.1, -0.05) is 80.4 Å². The number of benzene rings is 2. The predicted molar refractivity (Wildman–Crippen MR) is 127 cm³/mol. The highest BCUT2D eigenvalue weighted by atomic mass is 32.2. The van der Waals surface area contributed by atoms with E-state index in [4.69, 9.17) is 4.74 Å². The van der Waals surface area contributed by atoms with Crippen molar-refractivity contribution >= 4 is 15.9 Å². The molecule has 0 radical (unpaired) electrons. The molecule has 0 N–H and O–H groups in total. The van der Waals surface area contributed by atoms with E-state index in [0.29, 0.717) is 12.8 Å². The smallest absolute Gasteiger partial charge is 0.411 e. The third-order valence-electron chi connectivity index (χ3n) is 5.78. The Morgan fingerprint density at radius 3 is 2.38 bits per heavy atom. The van der Waals surface area contributed by atoms with Crippen molar-refractivity contribution in [2.45, 2.75) is 68.2 Å². The quantitative estimate of drug-likeness (QED) is 0.301. The number of carbonyl (C=O) groups excluding carboxylic acids is 1. The summed E-state index contributed by atoms with van der Waals surface area (Å²) in [4.78, 5) is 14.5. The van der Waals surface area contributed by atoms with Gasteiger partial charge in [0.05, 0.1) is 10.9 Å². The van der Waals surface area contributed by atoms with E-state index >= 15 is 0 Å². The number of ether oxygens (including phenoxy) is 1. The Balaban J connectivity index is 1.80. The lowest BCUT2D eigenvalue weighted by Crippen LogP contribution is -2.47. The van der Waals surface area contributed by atoms with Crippen LogP contribution >= 0.6 is 0 Å². The first-order valence-electron chi connectivity index (χ1n) is 11.5. The maximum Gasteiger partial charge on any atom is 0.411 e. The zero-order chi connectivity index (χ0) is 22.8. The van der Waals surface area contributed by atoms with Gasteiger partial charge in [0.2, 0.25) is 0 Å². The molecule has 1 amide bonds. The topological polar surface area (TPSA) is 63.7 Å². The fraction of sp³-hybridized carbons (Fsp3) is 0.423. The van der Waals surface area contributed by atoms with Gasteiger partial charge in [-0.15, -0.1) is 0 Å². The second kappa shape index (κ2) is 11.9. The molecule has 0 unspecified atom stereocenters. The zero-order valence-corrected chi connectivity index (χ0v) is 19.5. The van der Waals surface area contributed by atoms with Crippen LogP contribution in [0.25, 0.3) is 0 Å². The first-order valence-corrected chi connectivity index (χ1v) is 13.0. The molecule has 3 rings (SSSR count). The number of amides is 1. The summed E-state index contributed by atoms with van der Waals surface area (Å²) in [5.41, 5.74) is 1.05. The molecular weight excluding hydrogens is 422 g/mol. The van der Waals surface area contributed by atoms with Gasteiger partial charge >= 0.3 is 6.09 Å². The first-order chi connectivity index (χ1) is 15.5. The minimum atomic E-state index is -3.73. The fourth-order valence-corrected chi connectivity index (χ4v) is 6.01. The summed E-state index contributed by atoms with van der Waals surface area (Å²) in [6.45, 7) is 2.31. The van der Waals surface area contributed by atoms with E-state index in [9.17, 15) is 13.2 Å². The van der Waals surface area contributed by atoms with Gasteiger partial charge in [-0.2, -0.15) is 0 Å². The van der Waals surface area contributed by atoms with Crippen molar-refractivity contribution in [2.75, 3.05) is 6.61 Å². The summed E-state index contributed by atoms with van der Waals surface area (Å²) in [7, 11) is -3.73. The van der Waals surface area contributed by atoms with Gasteiger partial charge in [-0.05, 0) is 49.8 Å². The van der Waals surface area contributed by atoms with Gasteiger partial charge in [0.25, 0.3) is 0 Å². The minimum Gasteiger partial charge on any atom is -0.447 e. The van der Waals surface area contributed by atoms with E-state index in [2.05, 4.69) is 19.1 Å². The minimum absolute atomic E-state index is 0.205. The van der Waals surface area contributed by atoms with E-state index in [-0.39, 0.29) is 17.5 Å². The van der Waals surface area contributed by atoms with Crippen LogP contribution in [0.3, 0.4) is 0 Å². The number of rotatable bonds is 12. The van der Waals surface area contributed by atoms with Gasteiger partial charge in [-0.3, -0.25) is 4.90 Å². The summed E-state index contributed by atoms with van der Waals surface area (Å²) < 4.78 is 32.6. The molecule has 2 atom stereocenters. The van der Waals surface area contributed by atoms with Gasteiger partial charge in [0.15, 0.2) is 9.84 Å². The molecule has 1 saturated heterocycles. The van der Waals surface area contributed by atoms with Crippen LogP contribution in [-0.2, 0) is 21.0 Å². The lowest BCUT2D eigenvalue weighted by atomic mass is 10.1. The SMILES string of the molecule is CC/C=C\CCCCC[C@H](N1C(=O)OC[C@@H]1Cc1ccccc1)S(=O)(=O)c1ccccc1. The standard InChI is InChI=1S/C26H33NO4S/c1-2-3-4-5-6-7-14-19-25(32(29,30)24-17-12-9-13-18-24)27-23(21-31-26(27)28)20-22-15-10-8-11-16-22/h3-4,8-13,15-18,23,25H,2,5-7,14,19-21H2,1H3/b4-3-/t23-,25+/m0/s1. The van der Waals surface area contributed by atoms with Gasteiger partial charge < -0.3 is 4.74 Å². The van der Waals surface area contributed by atoms with Crippen LogP contribution in [-0.4, -0.2) is 37.4 Å². The number of nitrogens with zero attached hydrogens (tertiary/aromatic N) is 1. The number of allylic oxidation sites excluding steroid dienone is 2. The molecule has 6 heteroatoms. The number of unbranched alkanes of at least 4 members (excludes halogenated alkanes) is 3. The molecule has 1 fully saturated rings. The number of cyclic esters (lactones) is 1. The maximum atomic E-state index is 13.6. The number of carbonyl (C=O) groups is 1. The highest BCUT2D eigenvalue weighted by Gasteiger charge is 2.44. The van der Waals surface area contributed by atoms with Crippen molar-refractivity contribution in [2.24, 2.45) is 0 Å². The van der Waals surface area contributed by atoms with Crippen LogP contribution < -0.4 is 0 Å². The molecule has 0 bridgehead atoms. The highest BCUT2D eigenvalue weighted by Crippen LogP contribution is 2.30. The molecule has 1 aliphatic rings. The molecular formula is C26H33NO4S. The first kappa shape index (κ1) is 24.1. The lowest BCUT2D eigenvalue weighted by Gasteiger charge is -2.30. The molecule has 2 aromatic carbocycles. The summed E-state index contributed by atoms with van der Waals surface area (Å²) >= 11 is 0. The third-order valence-corrected chi connectivity index (χ3v) is 7.89. The second-order valence-corrected chi connectivity index (χ2v) is 10.3.